The number of rotatable bonds is 6. The van der Waals surface area contributed by atoms with Crippen LogP contribution in [0, 0.1) is 5.92 Å². The topological polar surface area (TPSA) is 46.6 Å². The van der Waals surface area contributed by atoms with E-state index in [1.54, 1.807) is 6.08 Å². The van der Waals surface area contributed by atoms with Gasteiger partial charge < -0.3 is 9.64 Å². The number of hydrogen-bond donors (Lipinski definition) is 0. The van der Waals surface area contributed by atoms with Gasteiger partial charge in [0.05, 0.1) is 0 Å². The fourth-order valence-electron chi connectivity index (χ4n) is 4.30. The van der Waals surface area contributed by atoms with Crippen LogP contribution in [0.3, 0.4) is 0 Å². The molecule has 140 valence electrons. The monoisotopic (exact) mass is 355 g/mol. The summed E-state index contributed by atoms with van der Waals surface area (Å²) in [7, 11) is 1.97. The molecule has 4 nitrogen and oxygen atoms in total. The number of carbonyl (C=O) groups excluding carboxylic acids is 2. The van der Waals surface area contributed by atoms with Crippen molar-refractivity contribution in [3.8, 4) is 0 Å². The molecule has 0 unspecified atom stereocenters. The first-order chi connectivity index (χ1) is 12.4. The van der Waals surface area contributed by atoms with E-state index in [1.807, 2.05) is 19.2 Å². The van der Waals surface area contributed by atoms with E-state index in [4.69, 9.17) is 4.74 Å². The summed E-state index contributed by atoms with van der Waals surface area (Å²) in [5, 5.41) is 0. The molecule has 1 heterocycles. The van der Waals surface area contributed by atoms with E-state index in [0.717, 1.165) is 17.8 Å². The van der Waals surface area contributed by atoms with Gasteiger partial charge in [0, 0.05) is 36.3 Å². The lowest BCUT2D eigenvalue weighted by Crippen LogP contribution is -2.25. The highest BCUT2D eigenvalue weighted by atomic mass is 16.5. The van der Waals surface area contributed by atoms with E-state index >= 15 is 0 Å². The van der Waals surface area contributed by atoms with E-state index in [2.05, 4.69) is 30.9 Å². The molecule has 1 aliphatic carbocycles. The van der Waals surface area contributed by atoms with E-state index < -0.39 is 0 Å². The molecule has 0 atom stereocenters. The van der Waals surface area contributed by atoms with Crippen LogP contribution in [0.2, 0.25) is 0 Å². The third-order valence-electron chi connectivity index (χ3n) is 5.85. The van der Waals surface area contributed by atoms with Gasteiger partial charge in [-0.1, -0.05) is 57.7 Å². The van der Waals surface area contributed by atoms with E-state index in [-0.39, 0.29) is 23.8 Å². The van der Waals surface area contributed by atoms with E-state index in [0.29, 0.717) is 12.3 Å². The first-order valence-electron chi connectivity index (χ1n) is 9.63. The highest BCUT2D eigenvalue weighted by Crippen LogP contribution is 2.46. The number of carbonyl (C=O) groups is 2. The van der Waals surface area contributed by atoms with Crippen LogP contribution in [0.25, 0.3) is 0 Å². The van der Waals surface area contributed by atoms with Gasteiger partial charge in [0.25, 0.3) is 0 Å². The molecule has 0 saturated heterocycles. The van der Waals surface area contributed by atoms with Gasteiger partial charge in [0.2, 0.25) is 0 Å². The van der Waals surface area contributed by atoms with Gasteiger partial charge in [-0.3, -0.25) is 9.59 Å². The Hall–Kier alpha value is -2.10. The lowest BCUT2D eigenvalue weighted by atomic mass is 9.83. The molecule has 0 N–H and O–H groups in total. The Kier molecular flexibility index (Phi) is 5.49. The molecule has 26 heavy (non-hydrogen) atoms. The number of nitrogens with zero attached hydrogens (tertiary/aromatic N) is 1. The molecular formula is C22H29NO3. The first-order valence-corrected chi connectivity index (χ1v) is 9.63. The second kappa shape index (κ2) is 7.65. The van der Waals surface area contributed by atoms with Gasteiger partial charge in [0.1, 0.15) is 0 Å². The zero-order valence-corrected chi connectivity index (χ0v) is 16.1. The van der Waals surface area contributed by atoms with Crippen LogP contribution in [-0.4, -0.2) is 25.4 Å². The maximum atomic E-state index is 12.4. The summed E-state index contributed by atoms with van der Waals surface area (Å²) < 4.78 is 5.20. The van der Waals surface area contributed by atoms with Crippen molar-refractivity contribution in [1.29, 1.82) is 0 Å². The van der Waals surface area contributed by atoms with Crippen molar-refractivity contribution in [3.05, 3.63) is 41.6 Å². The van der Waals surface area contributed by atoms with Crippen LogP contribution in [-0.2, 0) is 19.7 Å². The molecule has 1 saturated carbocycles. The third-order valence-corrected chi connectivity index (χ3v) is 5.85. The number of ether oxygens (including phenoxy) is 1. The van der Waals surface area contributed by atoms with Crippen molar-refractivity contribution in [2.24, 2.45) is 5.92 Å². The van der Waals surface area contributed by atoms with Crippen LogP contribution in [0.1, 0.15) is 57.9 Å². The van der Waals surface area contributed by atoms with Gasteiger partial charge in [-0.25, -0.2) is 0 Å². The van der Waals surface area contributed by atoms with Crippen molar-refractivity contribution in [3.63, 3.8) is 0 Å². The van der Waals surface area contributed by atoms with Crippen LogP contribution in [0.4, 0.5) is 5.69 Å². The summed E-state index contributed by atoms with van der Waals surface area (Å²) in [6, 6.07) is 8.18. The Bertz CT molecular complexity index is 714. The van der Waals surface area contributed by atoms with Gasteiger partial charge in [-0.2, -0.15) is 0 Å². The number of ketones is 1. The summed E-state index contributed by atoms with van der Waals surface area (Å²) in [6.07, 6.45) is 7.93. The molecule has 2 aliphatic rings. The van der Waals surface area contributed by atoms with Crippen molar-refractivity contribution < 1.29 is 14.3 Å². The van der Waals surface area contributed by atoms with Gasteiger partial charge in [0.15, 0.2) is 12.4 Å². The van der Waals surface area contributed by atoms with Crippen molar-refractivity contribution in [1.82, 2.24) is 0 Å². The number of anilines is 1. The fourth-order valence-corrected chi connectivity index (χ4v) is 4.30. The quantitative estimate of drug-likeness (QED) is 0.561. The maximum absolute atomic E-state index is 12.4. The molecule has 0 aromatic heterocycles. The number of fused-ring (bicyclic) bond motifs is 1. The minimum Gasteiger partial charge on any atom is -0.457 e. The van der Waals surface area contributed by atoms with E-state index in [9.17, 15) is 9.59 Å². The summed E-state index contributed by atoms with van der Waals surface area (Å²) >= 11 is 0. The van der Waals surface area contributed by atoms with Crippen molar-refractivity contribution >= 4 is 17.4 Å². The number of para-hydroxylation sites is 1. The number of allylic oxidation sites excluding steroid dienone is 1. The SMILES string of the molecule is CN1/C(=C/C(=O)COC(=O)CCC2CCCC2)C(C)(C)c2ccccc21. The van der Waals surface area contributed by atoms with Crippen LogP contribution in [0.5, 0.6) is 0 Å². The summed E-state index contributed by atoms with van der Waals surface area (Å²) in [5.41, 5.74) is 3.01. The number of likely N-dealkylation sites (N-methyl/N-ethyl adjacent to an activating group) is 1. The first kappa shape index (κ1) is 18.7. The fraction of sp³-hybridized carbons (Fsp3) is 0.545. The smallest absolute Gasteiger partial charge is 0.306 e. The predicted molar refractivity (Wildman–Crippen MR) is 103 cm³/mol. The lowest BCUT2D eigenvalue weighted by molar-refractivity contribution is -0.147. The van der Waals surface area contributed by atoms with Gasteiger partial charge in [-0.05, 0) is 24.0 Å². The Morgan fingerprint density at radius 3 is 2.62 bits per heavy atom. The molecule has 4 heteroatoms. The average Bonchev–Trinajstić information content (AvgIpc) is 3.21. The van der Waals surface area contributed by atoms with Gasteiger partial charge in [-0.15, -0.1) is 0 Å². The number of hydrogen-bond acceptors (Lipinski definition) is 4. The van der Waals surface area contributed by atoms with Crippen molar-refractivity contribution in [2.75, 3.05) is 18.6 Å². The summed E-state index contributed by atoms with van der Waals surface area (Å²) in [4.78, 5) is 26.3. The second-order valence-corrected chi connectivity index (χ2v) is 8.05. The number of benzene rings is 1. The Morgan fingerprint density at radius 1 is 1.23 bits per heavy atom. The zero-order valence-electron chi connectivity index (χ0n) is 16.1. The summed E-state index contributed by atoms with van der Waals surface area (Å²) in [6.45, 7) is 4.05. The zero-order chi connectivity index (χ0) is 18.7. The molecule has 1 aromatic rings. The minimum absolute atomic E-state index is 0.165. The molecular weight excluding hydrogens is 326 g/mol. The molecule has 1 aromatic carbocycles. The summed E-state index contributed by atoms with van der Waals surface area (Å²) in [5.74, 6) is 0.236. The molecule has 0 radical (unpaired) electrons. The Labute approximate surface area is 156 Å². The van der Waals surface area contributed by atoms with Crippen LogP contribution in [0.15, 0.2) is 36.0 Å². The highest BCUT2D eigenvalue weighted by molar-refractivity contribution is 5.94. The third kappa shape index (κ3) is 3.84. The molecule has 0 spiro atoms. The Balaban J connectivity index is 1.56. The maximum Gasteiger partial charge on any atom is 0.306 e. The van der Waals surface area contributed by atoms with Crippen LogP contribution >= 0.6 is 0 Å². The predicted octanol–water partition coefficient (Wildman–Crippen LogP) is 4.38. The molecule has 3 rings (SSSR count). The van der Waals surface area contributed by atoms with Gasteiger partial charge >= 0.3 is 5.97 Å². The second-order valence-electron chi connectivity index (χ2n) is 8.05. The van der Waals surface area contributed by atoms with Crippen molar-refractivity contribution in [2.45, 2.75) is 57.8 Å². The molecule has 1 aliphatic heterocycles. The van der Waals surface area contributed by atoms with Crippen LogP contribution < -0.4 is 4.90 Å². The number of esters is 1. The molecule has 1 fully saturated rings. The molecule has 0 bridgehead atoms. The minimum atomic E-state index is -0.258. The highest BCUT2D eigenvalue weighted by Gasteiger charge is 2.38. The average molecular weight is 355 g/mol. The largest absolute Gasteiger partial charge is 0.457 e. The molecule has 0 amide bonds. The Morgan fingerprint density at radius 2 is 1.92 bits per heavy atom. The lowest BCUT2D eigenvalue weighted by Gasteiger charge is -2.23. The van der Waals surface area contributed by atoms with E-state index in [1.165, 1.54) is 31.2 Å². The normalized spacial score (nSPS) is 20.4. The standard InChI is InChI=1S/C22H29NO3/c1-22(2)18-10-6-7-11-19(18)23(3)20(22)14-17(24)15-26-21(25)13-12-16-8-4-5-9-16/h6-7,10-11,14,16H,4-5,8-9,12-13,15H2,1-3H3/b20-14+.